The van der Waals surface area contributed by atoms with Crippen LogP contribution in [0.25, 0.3) is 0 Å². The molecule has 0 aromatic carbocycles. The van der Waals surface area contributed by atoms with E-state index in [2.05, 4.69) is 16.5 Å². The molecular formula is C13H23N3O. The Morgan fingerprint density at radius 1 is 1.59 bits per heavy atom. The third-order valence-corrected chi connectivity index (χ3v) is 3.92. The van der Waals surface area contributed by atoms with Gasteiger partial charge in [0.15, 0.2) is 0 Å². The average molecular weight is 237 g/mol. The molecule has 0 radical (unpaired) electrons. The maximum atomic E-state index is 6.23. The van der Waals surface area contributed by atoms with Crippen LogP contribution in [0, 0.1) is 0 Å². The molecule has 2 N–H and O–H groups in total. The molecule has 1 aromatic rings. The fraction of sp³-hybridized carbons (Fsp3) is 0.769. The van der Waals surface area contributed by atoms with E-state index in [1.807, 2.05) is 12.4 Å². The first-order chi connectivity index (χ1) is 8.19. The van der Waals surface area contributed by atoms with Crippen LogP contribution in [0.3, 0.4) is 0 Å². The number of aromatic nitrogens is 2. The predicted octanol–water partition coefficient (Wildman–Crippen LogP) is 1.73. The highest BCUT2D eigenvalue weighted by Gasteiger charge is 2.38. The van der Waals surface area contributed by atoms with E-state index in [4.69, 9.17) is 10.5 Å². The van der Waals surface area contributed by atoms with Gasteiger partial charge in [-0.3, -0.25) is 0 Å². The molecule has 1 aliphatic carbocycles. The van der Waals surface area contributed by atoms with Gasteiger partial charge in [0.1, 0.15) is 5.82 Å². The molecule has 1 fully saturated rings. The highest BCUT2D eigenvalue weighted by atomic mass is 16.5. The normalized spacial score (nSPS) is 19.9. The zero-order valence-electron chi connectivity index (χ0n) is 10.9. The smallest absolute Gasteiger partial charge is 0.110 e. The van der Waals surface area contributed by atoms with E-state index in [0.29, 0.717) is 0 Å². The topological polar surface area (TPSA) is 53.1 Å². The molecule has 0 bridgehead atoms. The summed E-state index contributed by atoms with van der Waals surface area (Å²) in [7, 11) is 1.80. The summed E-state index contributed by atoms with van der Waals surface area (Å²) in [6.45, 7) is 3.08. The third kappa shape index (κ3) is 2.69. The van der Waals surface area contributed by atoms with E-state index in [1.54, 1.807) is 7.11 Å². The van der Waals surface area contributed by atoms with Gasteiger partial charge in [-0.25, -0.2) is 4.98 Å². The van der Waals surface area contributed by atoms with E-state index in [9.17, 15) is 0 Å². The lowest BCUT2D eigenvalue weighted by Crippen LogP contribution is -2.45. The molecule has 96 valence electrons. The van der Waals surface area contributed by atoms with Crippen LogP contribution in [0.5, 0.6) is 0 Å². The van der Waals surface area contributed by atoms with Crippen molar-refractivity contribution in [2.45, 2.75) is 57.2 Å². The maximum absolute atomic E-state index is 6.23. The van der Waals surface area contributed by atoms with E-state index in [0.717, 1.165) is 38.1 Å². The van der Waals surface area contributed by atoms with Crippen LogP contribution in [-0.4, -0.2) is 28.3 Å². The van der Waals surface area contributed by atoms with Gasteiger partial charge < -0.3 is 15.0 Å². The molecule has 1 aliphatic rings. The molecule has 0 aliphatic heterocycles. The molecule has 0 amide bonds. The molecule has 0 saturated heterocycles. The Hall–Kier alpha value is -0.870. The van der Waals surface area contributed by atoms with Crippen molar-refractivity contribution in [3.63, 3.8) is 0 Å². The van der Waals surface area contributed by atoms with Gasteiger partial charge in [0.25, 0.3) is 0 Å². The second-order valence-electron chi connectivity index (χ2n) is 5.04. The summed E-state index contributed by atoms with van der Waals surface area (Å²) in [6.07, 6.45) is 9.22. The first-order valence-corrected chi connectivity index (χ1v) is 6.50. The number of nitrogens with zero attached hydrogens (tertiary/aromatic N) is 2. The van der Waals surface area contributed by atoms with Crippen molar-refractivity contribution in [2.75, 3.05) is 7.11 Å². The molecule has 4 heteroatoms. The summed E-state index contributed by atoms with van der Waals surface area (Å²) < 4.78 is 7.77. The lowest BCUT2D eigenvalue weighted by molar-refractivity contribution is -0.0814. The Morgan fingerprint density at radius 3 is 2.88 bits per heavy atom. The van der Waals surface area contributed by atoms with Crippen LogP contribution in [0.1, 0.15) is 38.4 Å². The Bertz CT molecular complexity index is 352. The number of aryl methyl sites for hydroxylation is 1. The standard InChI is InChI=1S/C13H23N3O/c1-3-16-8-7-15-12(16)9-11(14)10-13(17-2)5-4-6-13/h7-8,11H,3-6,9-10,14H2,1-2H3. The average Bonchev–Trinajstić information content (AvgIpc) is 2.70. The number of methoxy groups -OCH3 is 1. The Balaban J connectivity index is 1.90. The Morgan fingerprint density at radius 2 is 2.35 bits per heavy atom. The van der Waals surface area contributed by atoms with E-state index >= 15 is 0 Å². The molecule has 1 saturated carbocycles. The van der Waals surface area contributed by atoms with Crippen molar-refractivity contribution in [3.05, 3.63) is 18.2 Å². The zero-order valence-corrected chi connectivity index (χ0v) is 10.9. The van der Waals surface area contributed by atoms with Gasteiger partial charge in [0.05, 0.1) is 5.60 Å². The van der Waals surface area contributed by atoms with Crippen molar-refractivity contribution in [2.24, 2.45) is 5.73 Å². The Kier molecular flexibility index (Phi) is 3.84. The largest absolute Gasteiger partial charge is 0.378 e. The lowest BCUT2D eigenvalue weighted by Gasteiger charge is -2.42. The van der Waals surface area contributed by atoms with Crippen molar-refractivity contribution >= 4 is 0 Å². The summed E-state index contributed by atoms with van der Waals surface area (Å²) in [5, 5.41) is 0. The van der Waals surface area contributed by atoms with Crippen LogP contribution < -0.4 is 5.73 Å². The van der Waals surface area contributed by atoms with Gasteiger partial charge in [-0.05, 0) is 32.6 Å². The molecule has 4 nitrogen and oxygen atoms in total. The summed E-state index contributed by atoms with van der Waals surface area (Å²) >= 11 is 0. The number of rotatable bonds is 6. The number of imidazole rings is 1. The minimum atomic E-state index is 0.0586. The minimum Gasteiger partial charge on any atom is -0.378 e. The van der Waals surface area contributed by atoms with E-state index in [1.165, 1.54) is 6.42 Å². The molecule has 1 unspecified atom stereocenters. The second-order valence-corrected chi connectivity index (χ2v) is 5.04. The van der Waals surface area contributed by atoms with Gasteiger partial charge in [0.2, 0.25) is 0 Å². The highest BCUT2D eigenvalue weighted by Crippen LogP contribution is 2.38. The highest BCUT2D eigenvalue weighted by molar-refractivity contribution is 4.99. The van der Waals surface area contributed by atoms with Crippen LogP contribution in [-0.2, 0) is 17.7 Å². The molecule has 1 heterocycles. The van der Waals surface area contributed by atoms with Gasteiger partial charge >= 0.3 is 0 Å². The predicted molar refractivity (Wildman–Crippen MR) is 67.8 cm³/mol. The summed E-state index contributed by atoms with van der Waals surface area (Å²) in [5.41, 5.74) is 6.28. The first-order valence-electron chi connectivity index (χ1n) is 6.50. The summed E-state index contributed by atoms with van der Waals surface area (Å²) in [6, 6.07) is 0.142. The SMILES string of the molecule is CCn1ccnc1CC(N)CC1(OC)CCC1. The van der Waals surface area contributed by atoms with Gasteiger partial charge in [-0.2, -0.15) is 0 Å². The maximum Gasteiger partial charge on any atom is 0.110 e. The van der Waals surface area contributed by atoms with Crippen molar-refractivity contribution in [1.82, 2.24) is 9.55 Å². The van der Waals surface area contributed by atoms with Gasteiger partial charge in [0, 0.05) is 38.5 Å². The van der Waals surface area contributed by atoms with Crippen LogP contribution in [0.2, 0.25) is 0 Å². The monoisotopic (exact) mass is 237 g/mol. The fourth-order valence-corrected chi connectivity index (χ4v) is 2.67. The van der Waals surface area contributed by atoms with Crippen LogP contribution in [0.15, 0.2) is 12.4 Å². The van der Waals surface area contributed by atoms with Gasteiger partial charge in [-0.15, -0.1) is 0 Å². The molecule has 1 aromatic heterocycles. The third-order valence-electron chi connectivity index (χ3n) is 3.92. The molecular weight excluding hydrogens is 214 g/mol. The van der Waals surface area contributed by atoms with Crippen LogP contribution in [0.4, 0.5) is 0 Å². The lowest BCUT2D eigenvalue weighted by atomic mass is 9.75. The van der Waals surface area contributed by atoms with E-state index < -0.39 is 0 Å². The fourth-order valence-electron chi connectivity index (χ4n) is 2.67. The number of nitrogens with two attached hydrogens (primary N) is 1. The molecule has 2 rings (SSSR count). The summed E-state index contributed by atoms with van der Waals surface area (Å²) in [5.74, 6) is 1.09. The van der Waals surface area contributed by atoms with Gasteiger partial charge in [-0.1, -0.05) is 0 Å². The number of hydrogen-bond donors (Lipinski definition) is 1. The number of hydrogen-bond acceptors (Lipinski definition) is 3. The Labute approximate surface area is 103 Å². The van der Waals surface area contributed by atoms with Crippen molar-refractivity contribution in [3.8, 4) is 0 Å². The van der Waals surface area contributed by atoms with Crippen LogP contribution >= 0.6 is 0 Å². The molecule has 17 heavy (non-hydrogen) atoms. The first kappa shape index (κ1) is 12.6. The van der Waals surface area contributed by atoms with Crippen molar-refractivity contribution in [1.29, 1.82) is 0 Å². The summed E-state index contributed by atoms with van der Waals surface area (Å²) in [4.78, 5) is 4.37. The number of ether oxygens (including phenoxy) is 1. The van der Waals surface area contributed by atoms with Crippen molar-refractivity contribution < 1.29 is 4.74 Å². The van der Waals surface area contributed by atoms with E-state index in [-0.39, 0.29) is 11.6 Å². The molecule has 1 atom stereocenters. The quantitative estimate of drug-likeness (QED) is 0.820. The zero-order chi connectivity index (χ0) is 12.3. The molecule has 0 spiro atoms. The second kappa shape index (κ2) is 5.19. The minimum absolute atomic E-state index is 0.0586.